The van der Waals surface area contributed by atoms with Gasteiger partial charge in [0.05, 0.1) is 5.56 Å². The molecule has 3 heterocycles. The lowest BCUT2D eigenvalue weighted by molar-refractivity contribution is -0.137. The van der Waals surface area contributed by atoms with Crippen LogP contribution in [0.2, 0.25) is 0 Å². The molecule has 1 saturated heterocycles. The number of pyridine rings is 1. The molecule has 1 unspecified atom stereocenters. The average Bonchev–Trinajstić information content (AvgIpc) is 3.26. The van der Waals surface area contributed by atoms with E-state index in [0.717, 1.165) is 42.0 Å². The second-order valence-electron chi connectivity index (χ2n) is 7.12. The number of imidazole rings is 1. The fraction of sp³-hybridized carbons (Fsp3) is 0.350. The minimum atomic E-state index is -4.40. The first kappa shape index (κ1) is 18.5. The lowest BCUT2D eigenvalue weighted by atomic mass is 10.0. The Labute approximate surface area is 159 Å². The van der Waals surface area contributed by atoms with Crippen molar-refractivity contribution in [3.8, 4) is 0 Å². The zero-order valence-electron chi connectivity index (χ0n) is 15.3. The molecule has 0 saturated carbocycles. The maximum Gasteiger partial charge on any atom is 0.416 e. The summed E-state index contributed by atoms with van der Waals surface area (Å²) in [6.45, 7) is 1.16. The highest BCUT2D eigenvalue weighted by Crippen LogP contribution is 2.30. The number of alkyl halides is 3. The van der Waals surface area contributed by atoms with Crippen molar-refractivity contribution in [2.45, 2.75) is 19.0 Å². The molecule has 3 aromatic rings. The second kappa shape index (κ2) is 6.92. The van der Waals surface area contributed by atoms with Gasteiger partial charge in [0.1, 0.15) is 11.3 Å². The first-order valence-corrected chi connectivity index (χ1v) is 9.06. The summed E-state index contributed by atoms with van der Waals surface area (Å²) in [6, 6.07) is 8.16. The predicted octanol–water partition coefficient (Wildman–Crippen LogP) is 3.69. The SMILES string of the molecule is Cn1c(CC2CCN(C(=O)c3ccc(C(F)(F)F)cc3)C2)nc2cccnc21. The van der Waals surface area contributed by atoms with Crippen LogP contribution in [0.25, 0.3) is 11.2 Å². The van der Waals surface area contributed by atoms with Crippen LogP contribution < -0.4 is 0 Å². The van der Waals surface area contributed by atoms with E-state index in [1.807, 2.05) is 23.7 Å². The van der Waals surface area contributed by atoms with Crippen molar-refractivity contribution in [1.29, 1.82) is 0 Å². The highest BCUT2D eigenvalue weighted by atomic mass is 19.4. The van der Waals surface area contributed by atoms with E-state index in [0.29, 0.717) is 13.1 Å². The molecule has 0 spiro atoms. The monoisotopic (exact) mass is 388 g/mol. The Bertz CT molecular complexity index is 1010. The molecule has 4 rings (SSSR count). The molecule has 2 aromatic heterocycles. The maximum atomic E-state index is 12.7. The van der Waals surface area contributed by atoms with E-state index >= 15 is 0 Å². The number of hydrogen-bond acceptors (Lipinski definition) is 3. The Morgan fingerprint density at radius 3 is 2.64 bits per heavy atom. The lowest BCUT2D eigenvalue weighted by Crippen LogP contribution is -2.29. The smallest absolute Gasteiger partial charge is 0.338 e. The molecule has 1 amide bonds. The number of aromatic nitrogens is 3. The topological polar surface area (TPSA) is 51.0 Å². The van der Waals surface area contributed by atoms with Crippen LogP contribution in [-0.2, 0) is 19.6 Å². The third-order valence-corrected chi connectivity index (χ3v) is 5.22. The van der Waals surface area contributed by atoms with E-state index in [9.17, 15) is 18.0 Å². The van der Waals surface area contributed by atoms with Gasteiger partial charge in [-0.2, -0.15) is 13.2 Å². The number of likely N-dealkylation sites (tertiary alicyclic amines) is 1. The number of carbonyl (C=O) groups is 1. The van der Waals surface area contributed by atoms with Crippen LogP contribution in [0.3, 0.4) is 0 Å². The van der Waals surface area contributed by atoms with Crippen molar-refractivity contribution >= 4 is 17.1 Å². The summed E-state index contributed by atoms with van der Waals surface area (Å²) in [5, 5.41) is 0. The van der Waals surface area contributed by atoms with Crippen LogP contribution in [0, 0.1) is 5.92 Å². The number of rotatable bonds is 3. The Balaban J connectivity index is 1.43. The van der Waals surface area contributed by atoms with Crippen molar-refractivity contribution < 1.29 is 18.0 Å². The standard InChI is InChI=1S/C20H19F3N4O/c1-26-17(25-16-3-2-9-24-18(16)26)11-13-8-10-27(12-13)19(28)14-4-6-15(7-5-14)20(21,22)23/h2-7,9,13H,8,10-12H2,1H3. The van der Waals surface area contributed by atoms with Gasteiger partial charge in [-0.25, -0.2) is 9.97 Å². The molecule has 0 bridgehead atoms. The lowest BCUT2D eigenvalue weighted by Gasteiger charge is -2.17. The van der Waals surface area contributed by atoms with Crippen molar-refractivity contribution in [1.82, 2.24) is 19.4 Å². The van der Waals surface area contributed by atoms with Gasteiger partial charge in [-0.1, -0.05) is 0 Å². The van der Waals surface area contributed by atoms with Gasteiger partial charge in [0, 0.05) is 38.3 Å². The van der Waals surface area contributed by atoms with Gasteiger partial charge in [0.2, 0.25) is 0 Å². The summed E-state index contributed by atoms with van der Waals surface area (Å²) in [6.07, 6.45) is -1.11. The molecule has 146 valence electrons. The zero-order chi connectivity index (χ0) is 19.9. The number of benzene rings is 1. The summed E-state index contributed by atoms with van der Waals surface area (Å²) in [7, 11) is 1.93. The number of nitrogens with zero attached hydrogens (tertiary/aromatic N) is 4. The molecule has 1 aliphatic rings. The van der Waals surface area contributed by atoms with E-state index in [1.165, 1.54) is 12.1 Å². The second-order valence-corrected chi connectivity index (χ2v) is 7.12. The average molecular weight is 388 g/mol. The van der Waals surface area contributed by atoms with Gasteiger partial charge in [-0.3, -0.25) is 4.79 Å². The zero-order valence-corrected chi connectivity index (χ0v) is 15.3. The Kier molecular flexibility index (Phi) is 4.56. The van der Waals surface area contributed by atoms with E-state index in [1.54, 1.807) is 11.1 Å². The van der Waals surface area contributed by atoms with Crippen molar-refractivity contribution in [3.63, 3.8) is 0 Å². The van der Waals surface area contributed by atoms with Crippen molar-refractivity contribution in [2.24, 2.45) is 13.0 Å². The number of aryl methyl sites for hydroxylation is 1. The highest BCUT2D eigenvalue weighted by Gasteiger charge is 2.31. The number of fused-ring (bicyclic) bond motifs is 1. The number of amides is 1. The minimum absolute atomic E-state index is 0.233. The molecule has 1 aromatic carbocycles. The first-order valence-electron chi connectivity index (χ1n) is 9.06. The quantitative estimate of drug-likeness (QED) is 0.688. The molecule has 1 atom stereocenters. The van der Waals surface area contributed by atoms with Gasteiger partial charge in [0.15, 0.2) is 5.65 Å². The molecular weight excluding hydrogens is 369 g/mol. The van der Waals surface area contributed by atoms with Crippen LogP contribution in [0.5, 0.6) is 0 Å². The predicted molar refractivity (Wildman–Crippen MR) is 97.7 cm³/mol. The fourth-order valence-electron chi connectivity index (χ4n) is 3.68. The molecule has 5 nitrogen and oxygen atoms in total. The van der Waals surface area contributed by atoms with E-state index in [-0.39, 0.29) is 17.4 Å². The van der Waals surface area contributed by atoms with Crippen LogP contribution in [-0.4, -0.2) is 38.4 Å². The summed E-state index contributed by atoms with van der Waals surface area (Å²) in [5.74, 6) is 0.944. The molecule has 0 radical (unpaired) electrons. The Morgan fingerprint density at radius 1 is 1.21 bits per heavy atom. The number of halogens is 3. The molecule has 1 fully saturated rings. The molecule has 0 N–H and O–H groups in total. The summed E-state index contributed by atoms with van der Waals surface area (Å²) in [5.41, 5.74) is 1.20. The third-order valence-electron chi connectivity index (χ3n) is 5.22. The van der Waals surface area contributed by atoms with Crippen molar-refractivity contribution in [2.75, 3.05) is 13.1 Å². The Hall–Kier alpha value is -2.90. The van der Waals surface area contributed by atoms with Gasteiger partial charge < -0.3 is 9.47 Å². The largest absolute Gasteiger partial charge is 0.416 e. The van der Waals surface area contributed by atoms with Gasteiger partial charge >= 0.3 is 6.18 Å². The van der Waals surface area contributed by atoms with Gasteiger partial charge in [0.25, 0.3) is 5.91 Å². The Morgan fingerprint density at radius 2 is 1.96 bits per heavy atom. The van der Waals surface area contributed by atoms with Crippen LogP contribution in [0.15, 0.2) is 42.6 Å². The third kappa shape index (κ3) is 3.46. The van der Waals surface area contributed by atoms with Crippen LogP contribution in [0.1, 0.15) is 28.2 Å². The molecule has 28 heavy (non-hydrogen) atoms. The van der Waals surface area contributed by atoms with Gasteiger partial charge in [-0.15, -0.1) is 0 Å². The van der Waals surface area contributed by atoms with Crippen molar-refractivity contribution in [3.05, 3.63) is 59.5 Å². The molecule has 0 aliphatic carbocycles. The summed E-state index contributed by atoms with van der Waals surface area (Å²) >= 11 is 0. The number of hydrogen-bond donors (Lipinski definition) is 0. The summed E-state index contributed by atoms with van der Waals surface area (Å²) < 4.78 is 40.0. The highest BCUT2D eigenvalue weighted by molar-refractivity contribution is 5.94. The maximum absolute atomic E-state index is 12.7. The fourth-order valence-corrected chi connectivity index (χ4v) is 3.68. The van der Waals surface area contributed by atoms with E-state index in [2.05, 4.69) is 9.97 Å². The molecular formula is C20H19F3N4O. The van der Waals surface area contributed by atoms with E-state index < -0.39 is 11.7 Å². The number of carbonyl (C=O) groups excluding carboxylic acids is 1. The normalized spacial score (nSPS) is 17.4. The first-order chi connectivity index (χ1) is 13.3. The summed E-state index contributed by atoms with van der Waals surface area (Å²) in [4.78, 5) is 23.3. The van der Waals surface area contributed by atoms with Crippen LogP contribution in [0.4, 0.5) is 13.2 Å². The van der Waals surface area contributed by atoms with Crippen LogP contribution >= 0.6 is 0 Å². The molecule has 1 aliphatic heterocycles. The van der Waals surface area contributed by atoms with E-state index in [4.69, 9.17) is 0 Å². The van der Waals surface area contributed by atoms with Gasteiger partial charge in [-0.05, 0) is 48.7 Å². The molecule has 8 heteroatoms. The minimum Gasteiger partial charge on any atom is -0.338 e.